The summed E-state index contributed by atoms with van der Waals surface area (Å²) in [7, 11) is -20.1. The van der Waals surface area contributed by atoms with Gasteiger partial charge in [0.15, 0.2) is 5.75 Å². The number of benzene rings is 8. The highest BCUT2D eigenvalue weighted by Crippen LogP contribution is 2.43. The lowest BCUT2D eigenvalue weighted by Gasteiger charge is -2.12. The summed E-state index contributed by atoms with van der Waals surface area (Å²) < 4.78 is 137. The number of hydrogen-bond acceptors (Lipinski definition) is 18. The van der Waals surface area contributed by atoms with Crippen LogP contribution in [0.4, 0.5) is 56.9 Å². The molecule has 0 saturated heterocycles. The highest BCUT2D eigenvalue weighted by atomic mass is 32.2. The average molecular weight is 1060 g/mol. The topological polar surface area (TPSA) is 349 Å². The maximum atomic E-state index is 12.5. The van der Waals surface area contributed by atoms with E-state index >= 15 is 0 Å². The van der Waals surface area contributed by atoms with Crippen molar-refractivity contribution in [1.29, 1.82) is 0 Å². The Labute approximate surface area is 416 Å². The number of para-hydroxylation sites is 1. The summed E-state index contributed by atoms with van der Waals surface area (Å²) in [6.45, 7) is 5.28. The van der Waals surface area contributed by atoms with E-state index in [1.807, 2.05) is 30.3 Å². The maximum Gasteiger partial charge on any atom is 0.296 e. The van der Waals surface area contributed by atoms with Crippen LogP contribution in [0.15, 0.2) is 194 Å². The molecule has 8 rings (SSSR count). The molecule has 0 aromatic heterocycles. The number of nitrogens with one attached hydrogen (secondary N) is 1. The maximum absolute atomic E-state index is 12.5. The number of phenols is 1. The molecule has 0 aliphatic heterocycles. The van der Waals surface area contributed by atoms with E-state index in [1.54, 1.807) is 69.3 Å². The van der Waals surface area contributed by atoms with E-state index in [4.69, 9.17) is 0 Å². The number of aryl methyl sites for hydroxylation is 3. The first-order chi connectivity index (χ1) is 34.3. The molecule has 0 bridgehead atoms. The van der Waals surface area contributed by atoms with Crippen molar-refractivity contribution in [3.05, 3.63) is 150 Å². The van der Waals surface area contributed by atoms with Gasteiger partial charge in [0.1, 0.15) is 26.1 Å². The zero-order valence-corrected chi connectivity index (χ0v) is 41.2. The molecule has 6 N–H and O–H groups in total. The number of nitrogens with zero attached hydrogens (tertiary/aromatic N) is 8. The number of azo groups is 4. The smallest absolute Gasteiger partial charge is 0.296 e. The van der Waals surface area contributed by atoms with Crippen molar-refractivity contribution in [1.82, 2.24) is 0 Å². The van der Waals surface area contributed by atoms with Crippen LogP contribution in [0.25, 0.3) is 21.5 Å². The summed E-state index contributed by atoms with van der Waals surface area (Å²) in [5.41, 5.74) is 4.63. The fraction of sp³-hybridized carbons (Fsp3) is 0.0638. The van der Waals surface area contributed by atoms with Crippen LogP contribution in [0, 0.1) is 20.8 Å². The van der Waals surface area contributed by atoms with Gasteiger partial charge in [-0.15, -0.1) is 10.2 Å². The van der Waals surface area contributed by atoms with E-state index in [9.17, 15) is 57.0 Å². The van der Waals surface area contributed by atoms with Crippen LogP contribution in [-0.2, 0) is 40.5 Å². The Kier molecular flexibility index (Phi) is 13.9. The van der Waals surface area contributed by atoms with Crippen LogP contribution >= 0.6 is 0 Å². The van der Waals surface area contributed by atoms with Crippen molar-refractivity contribution in [3.8, 4) is 5.75 Å². The minimum atomic E-state index is -5.13. The molecule has 0 fully saturated rings. The molecule has 8 aromatic carbocycles. The lowest BCUT2D eigenvalue weighted by molar-refractivity contribution is 0.472. The van der Waals surface area contributed by atoms with Crippen molar-refractivity contribution >= 4 is 119 Å². The third-order valence-corrected chi connectivity index (χ3v) is 14.3. The first-order valence-corrected chi connectivity index (χ1v) is 26.7. The number of hydrogen-bond donors (Lipinski definition) is 6. The normalized spacial score (nSPS) is 12.9. The van der Waals surface area contributed by atoms with Crippen LogP contribution in [0.2, 0.25) is 0 Å². The van der Waals surface area contributed by atoms with Crippen LogP contribution in [0.3, 0.4) is 0 Å². The summed E-state index contributed by atoms with van der Waals surface area (Å²) >= 11 is 0. The second-order valence-corrected chi connectivity index (χ2v) is 21.7. The van der Waals surface area contributed by atoms with Crippen molar-refractivity contribution in [3.63, 3.8) is 0 Å². The summed E-state index contributed by atoms with van der Waals surface area (Å²) in [5, 5.41) is 47.7. The number of rotatable bonds is 14. The van der Waals surface area contributed by atoms with Gasteiger partial charge in [-0.05, 0) is 163 Å². The molecule has 0 spiro atoms. The Morgan fingerprint density at radius 2 is 0.890 bits per heavy atom. The van der Waals surface area contributed by atoms with E-state index in [2.05, 4.69) is 46.2 Å². The van der Waals surface area contributed by atoms with Crippen molar-refractivity contribution in [2.45, 2.75) is 40.4 Å². The molecule has 372 valence electrons. The van der Waals surface area contributed by atoms with E-state index < -0.39 is 88.0 Å². The first-order valence-electron chi connectivity index (χ1n) is 20.9. The summed E-state index contributed by atoms with van der Waals surface area (Å²) in [6, 6.07) is 32.5. The Balaban J connectivity index is 0.963. The molecule has 22 nitrogen and oxygen atoms in total. The van der Waals surface area contributed by atoms with Gasteiger partial charge in [-0.3, -0.25) is 18.2 Å². The van der Waals surface area contributed by atoms with E-state index in [-0.39, 0.29) is 11.1 Å². The third kappa shape index (κ3) is 11.8. The highest BCUT2D eigenvalue weighted by Gasteiger charge is 2.25. The van der Waals surface area contributed by atoms with Crippen LogP contribution in [-0.4, -0.2) is 57.0 Å². The van der Waals surface area contributed by atoms with Gasteiger partial charge in [-0.25, -0.2) is 0 Å². The molecule has 0 radical (unpaired) electrons. The molecule has 0 aliphatic carbocycles. The van der Waals surface area contributed by atoms with E-state index in [1.165, 1.54) is 30.3 Å². The van der Waals surface area contributed by atoms with Crippen LogP contribution < -0.4 is 5.32 Å². The summed E-state index contributed by atoms with van der Waals surface area (Å²) in [5.74, 6) is -0.490. The molecule has 73 heavy (non-hydrogen) atoms. The fourth-order valence-electron chi connectivity index (χ4n) is 7.22. The fourth-order valence-corrected chi connectivity index (χ4v) is 9.86. The average Bonchev–Trinajstić information content (AvgIpc) is 3.31. The summed E-state index contributed by atoms with van der Waals surface area (Å²) in [4.78, 5) is -3.48. The van der Waals surface area contributed by atoms with Crippen molar-refractivity contribution in [2.24, 2.45) is 40.9 Å². The van der Waals surface area contributed by atoms with Gasteiger partial charge in [0, 0.05) is 22.1 Å². The zero-order chi connectivity index (χ0) is 52.6. The lowest BCUT2D eigenvalue weighted by Crippen LogP contribution is -2.05. The van der Waals surface area contributed by atoms with E-state index in [0.717, 1.165) is 17.8 Å². The van der Waals surface area contributed by atoms with E-state index in [0.29, 0.717) is 68.3 Å². The van der Waals surface area contributed by atoms with Gasteiger partial charge in [0.25, 0.3) is 40.5 Å². The molecule has 26 heteroatoms. The molecule has 8 aromatic rings. The Hall–Kier alpha value is -8.08. The molecule has 0 aliphatic rings. The van der Waals surface area contributed by atoms with Crippen LogP contribution in [0.5, 0.6) is 5.75 Å². The molecule has 0 unspecified atom stereocenters. The quantitative estimate of drug-likeness (QED) is 0.0436. The number of fused-ring (bicyclic) bond motifs is 2. The monoisotopic (exact) mass is 1060 g/mol. The predicted molar refractivity (Wildman–Crippen MR) is 269 cm³/mol. The first kappa shape index (κ1) is 51.3. The predicted octanol–water partition coefficient (Wildman–Crippen LogP) is 13.0. The number of aromatic hydroxyl groups is 1. The standard InChI is InChI=1S/C47H37N9O13S4/c1-26-17-35(51-53-40-18-28(3)41(19-27(40)2)54-56-46-45(73(67,68)69)23-29-20-34(13-15-37(29)47(46)57)48-31-7-5-4-6-8-31)14-16-39(26)52-49-32-9-11-33(12-10-32)50-55-42-25-38-30(22-44(42)72(64,65)66)21-36(70(58,59)60)24-43(38)71(61,62)63/h4-25,48,57H,1-3H3,(H,58,59,60)(H,61,62,63)(H,64,65,66)(H,67,68,69). The SMILES string of the molecule is Cc1cc(N=Nc2cc(C)c(N=Nc3c(S(=O)(=O)O)cc4cc(Nc5ccccc5)ccc4c3O)cc2C)ccc1N=Nc1ccc(N=Nc2cc3c(S(=O)(=O)O)cc(S(=O)(=O)O)cc3cc2S(=O)(=O)O)cc1. The van der Waals surface area contributed by atoms with Gasteiger partial charge in [-0.2, -0.15) is 64.4 Å². The highest BCUT2D eigenvalue weighted by molar-refractivity contribution is 7.87. The van der Waals surface area contributed by atoms with Crippen molar-refractivity contribution < 1.29 is 57.0 Å². The second-order valence-electron chi connectivity index (χ2n) is 16.1. The largest absolute Gasteiger partial charge is 0.505 e. The molecular formula is C47H37N9O13S4. The summed E-state index contributed by atoms with van der Waals surface area (Å²) in [6.07, 6.45) is 0. The Bertz CT molecular complexity index is 4160. The van der Waals surface area contributed by atoms with Crippen LogP contribution in [0.1, 0.15) is 16.7 Å². The Morgan fingerprint density at radius 3 is 1.47 bits per heavy atom. The molecule has 0 atom stereocenters. The molecule has 0 saturated carbocycles. The molecular weight excluding hydrogens is 1030 g/mol. The van der Waals surface area contributed by atoms with Gasteiger partial charge >= 0.3 is 0 Å². The Morgan fingerprint density at radius 1 is 0.384 bits per heavy atom. The van der Waals surface area contributed by atoms with Gasteiger partial charge in [0.05, 0.1) is 39.0 Å². The number of anilines is 2. The lowest BCUT2D eigenvalue weighted by atomic mass is 10.1. The molecule has 0 heterocycles. The second kappa shape index (κ2) is 19.8. The van der Waals surface area contributed by atoms with Gasteiger partial charge < -0.3 is 10.4 Å². The van der Waals surface area contributed by atoms with Gasteiger partial charge in [-0.1, -0.05) is 18.2 Å². The zero-order valence-electron chi connectivity index (χ0n) is 37.9. The van der Waals surface area contributed by atoms with Gasteiger partial charge in [0.2, 0.25) is 0 Å². The number of phenolic OH excluding ortho intramolecular Hbond substituents is 1. The van der Waals surface area contributed by atoms with Crippen molar-refractivity contribution in [2.75, 3.05) is 5.32 Å². The molecule has 0 amide bonds. The minimum Gasteiger partial charge on any atom is -0.505 e. The third-order valence-electron chi connectivity index (χ3n) is 10.8. The minimum absolute atomic E-state index is 0.148.